The molecule has 0 atom stereocenters. The molecule has 0 saturated carbocycles. The molecule has 0 aliphatic carbocycles. The van der Waals surface area contributed by atoms with Crippen molar-refractivity contribution in [3.8, 4) is 17.1 Å². The minimum Gasteiger partial charge on any atom is -0.507 e. The smallest absolute Gasteiger partial charge is 0.229 e. The number of rotatable bonds is 3. The van der Waals surface area contributed by atoms with E-state index >= 15 is 0 Å². The van der Waals surface area contributed by atoms with Crippen LogP contribution in [0.2, 0.25) is 0 Å². The zero-order valence-electron chi connectivity index (χ0n) is 10.2. The third kappa shape index (κ3) is 2.93. The number of H-pyrrole nitrogens is 1. The number of hydrogen-bond donors (Lipinski definition) is 3. The number of anilines is 1. The Kier molecular flexibility index (Phi) is 3.33. The lowest BCUT2D eigenvalue weighted by molar-refractivity contribution is 0.477. The van der Waals surface area contributed by atoms with Crippen molar-refractivity contribution in [2.45, 2.75) is 0 Å². The van der Waals surface area contributed by atoms with Crippen LogP contribution in [0.3, 0.4) is 0 Å². The second-order valence-corrected chi connectivity index (χ2v) is 6.15. The lowest BCUT2D eigenvalue weighted by Gasteiger charge is -2.07. The number of aromatic amines is 1. The fourth-order valence-electron chi connectivity index (χ4n) is 1.59. The summed E-state index contributed by atoms with van der Waals surface area (Å²) in [6.07, 6.45) is 1.04. The summed E-state index contributed by atoms with van der Waals surface area (Å²) in [5.74, 6) is 0.374. The highest BCUT2D eigenvalue weighted by Crippen LogP contribution is 2.30. The Bertz CT molecular complexity index is 776. The monoisotopic (exact) mass is 300 g/mol. The van der Waals surface area contributed by atoms with Gasteiger partial charge in [-0.1, -0.05) is 0 Å². The topological polar surface area (TPSA) is 100 Å². The molecule has 0 amide bonds. The Balaban J connectivity index is 2.46. The third-order valence-electron chi connectivity index (χ3n) is 2.42. The van der Waals surface area contributed by atoms with Gasteiger partial charge in [-0.25, -0.2) is 8.42 Å². The van der Waals surface area contributed by atoms with Gasteiger partial charge in [-0.05, 0) is 24.4 Å². The van der Waals surface area contributed by atoms with Crippen molar-refractivity contribution in [3.63, 3.8) is 0 Å². The maximum atomic E-state index is 11.1. The van der Waals surface area contributed by atoms with Crippen molar-refractivity contribution in [1.29, 1.82) is 0 Å². The number of nitrogens with zero attached hydrogens (tertiary/aromatic N) is 2. The van der Waals surface area contributed by atoms with Crippen molar-refractivity contribution in [1.82, 2.24) is 14.8 Å². The van der Waals surface area contributed by atoms with Gasteiger partial charge >= 0.3 is 0 Å². The second-order valence-electron chi connectivity index (χ2n) is 4.02. The Morgan fingerprint density at radius 2 is 2.16 bits per heavy atom. The molecule has 0 unspecified atom stereocenters. The quantitative estimate of drug-likeness (QED) is 0.740. The fraction of sp³-hybridized carbons (Fsp3) is 0.200. The molecule has 0 radical (unpaired) electrons. The zero-order chi connectivity index (χ0) is 14.2. The van der Waals surface area contributed by atoms with Gasteiger partial charge in [0.2, 0.25) is 10.0 Å². The van der Waals surface area contributed by atoms with Gasteiger partial charge in [-0.3, -0.25) is 9.82 Å². The van der Waals surface area contributed by atoms with Crippen molar-refractivity contribution in [3.05, 3.63) is 23.0 Å². The maximum Gasteiger partial charge on any atom is 0.229 e. The Morgan fingerprint density at radius 1 is 1.47 bits per heavy atom. The molecule has 0 spiro atoms. The summed E-state index contributed by atoms with van der Waals surface area (Å²) >= 11 is 4.99. The van der Waals surface area contributed by atoms with Gasteiger partial charge in [0.1, 0.15) is 5.75 Å². The van der Waals surface area contributed by atoms with E-state index in [1.54, 1.807) is 17.7 Å². The van der Waals surface area contributed by atoms with E-state index in [-0.39, 0.29) is 11.4 Å². The van der Waals surface area contributed by atoms with Gasteiger partial charge in [-0.2, -0.15) is 5.10 Å². The average molecular weight is 300 g/mol. The van der Waals surface area contributed by atoms with Gasteiger partial charge in [-0.15, -0.1) is 0 Å². The summed E-state index contributed by atoms with van der Waals surface area (Å²) in [6.45, 7) is 0. The molecular weight excluding hydrogens is 288 g/mol. The van der Waals surface area contributed by atoms with E-state index in [2.05, 4.69) is 14.9 Å². The number of phenolic OH excluding ortho intramolecular Hbond substituents is 1. The molecule has 1 aromatic heterocycles. The first kappa shape index (κ1) is 13.6. The van der Waals surface area contributed by atoms with Crippen LogP contribution in [0.5, 0.6) is 5.75 Å². The van der Waals surface area contributed by atoms with E-state index in [1.807, 2.05) is 0 Å². The highest BCUT2D eigenvalue weighted by Gasteiger charge is 2.12. The number of hydrogen-bond acceptors (Lipinski definition) is 5. The van der Waals surface area contributed by atoms with E-state index in [0.29, 0.717) is 16.2 Å². The number of nitrogens with one attached hydrogen (secondary N) is 2. The summed E-state index contributed by atoms with van der Waals surface area (Å²) in [6, 6.07) is 4.41. The number of benzene rings is 1. The van der Waals surface area contributed by atoms with Crippen LogP contribution in [0.4, 0.5) is 5.69 Å². The van der Waals surface area contributed by atoms with Crippen LogP contribution >= 0.6 is 12.2 Å². The fourth-order valence-corrected chi connectivity index (χ4v) is 2.27. The van der Waals surface area contributed by atoms with E-state index in [9.17, 15) is 13.5 Å². The standard InChI is InChI=1S/C10H12N4O3S2/c1-14-9(11-12-10(14)18)7-4-3-6(5-8(7)15)13-19(2,16)17/h3-5,13,15H,1-2H3,(H,12,18). The maximum absolute atomic E-state index is 11.1. The van der Waals surface area contributed by atoms with Gasteiger partial charge in [0.05, 0.1) is 17.5 Å². The lowest BCUT2D eigenvalue weighted by Crippen LogP contribution is -2.09. The summed E-state index contributed by atoms with van der Waals surface area (Å²) in [5.41, 5.74) is 0.731. The average Bonchev–Trinajstić information content (AvgIpc) is 2.58. The van der Waals surface area contributed by atoms with E-state index < -0.39 is 10.0 Å². The molecule has 2 aromatic rings. The Morgan fingerprint density at radius 3 is 2.63 bits per heavy atom. The van der Waals surface area contributed by atoms with Crippen molar-refractivity contribution in [2.75, 3.05) is 11.0 Å². The van der Waals surface area contributed by atoms with Crippen LogP contribution in [-0.2, 0) is 17.1 Å². The molecule has 0 saturated heterocycles. The van der Waals surface area contributed by atoms with Crippen molar-refractivity contribution in [2.24, 2.45) is 7.05 Å². The Labute approximate surface area is 115 Å². The normalized spacial score (nSPS) is 11.5. The van der Waals surface area contributed by atoms with E-state index in [4.69, 9.17) is 12.2 Å². The van der Waals surface area contributed by atoms with Crippen LogP contribution in [0.1, 0.15) is 0 Å². The number of phenols is 1. The van der Waals surface area contributed by atoms with Gasteiger partial charge in [0.25, 0.3) is 0 Å². The molecule has 0 aliphatic rings. The Hall–Kier alpha value is -1.87. The van der Waals surface area contributed by atoms with E-state index in [0.717, 1.165) is 6.26 Å². The molecule has 1 aromatic carbocycles. The highest BCUT2D eigenvalue weighted by atomic mass is 32.2. The van der Waals surface area contributed by atoms with Crippen LogP contribution in [0.25, 0.3) is 11.4 Å². The first-order valence-corrected chi connectivity index (χ1v) is 7.50. The van der Waals surface area contributed by atoms with Crippen LogP contribution in [0, 0.1) is 4.77 Å². The summed E-state index contributed by atoms with van der Waals surface area (Å²) < 4.78 is 26.5. The third-order valence-corrected chi connectivity index (χ3v) is 3.39. The largest absolute Gasteiger partial charge is 0.507 e. The zero-order valence-corrected chi connectivity index (χ0v) is 11.8. The minimum absolute atomic E-state index is 0.0919. The number of aromatic nitrogens is 3. The molecule has 0 bridgehead atoms. The van der Waals surface area contributed by atoms with Gasteiger partial charge < -0.3 is 9.67 Å². The summed E-state index contributed by atoms with van der Waals surface area (Å²) in [5, 5.41) is 16.5. The van der Waals surface area contributed by atoms with E-state index in [1.165, 1.54) is 12.1 Å². The molecule has 102 valence electrons. The van der Waals surface area contributed by atoms with Gasteiger partial charge in [0, 0.05) is 13.1 Å². The first-order valence-electron chi connectivity index (χ1n) is 5.20. The molecule has 1 heterocycles. The summed E-state index contributed by atoms with van der Waals surface area (Å²) in [7, 11) is -1.67. The van der Waals surface area contributed by atoms with Crippen molar-refractivity contribution < 1.29 is 13.5 Å². The molecule has 7 nitrogen and oxygen atoms in total. The molecule has 3 N–H and O–H groups in total. The minimum atomic E-state index is -3.38. The van der Waals surface area contributed by atoms with Crippen molar-refractivity contribution >= 4 is 27.9 Å². The summed E-state index contributed by atoms with van der Waals surface area (Å²) in [4.78, 5) is 0. The molecule has 19 heavy (non-hydrogen) atoms. The molecule has 0 aliphatic heterocycles. The number of sulfonamides is 1. The molecule has 0 fully saturated rings. The predicted octanol–water partition coefficient (Wildman–Crippen LogP) is 1.22. The highest BCUT2D eigenvalue weighted by molar-refractivity contribution is 7.92. The first-order chi connectivity index (χ1) is 8.78. The molecule has 9 heteroatoms. The van der Waals surface area contributed by atoms with Crippen LogP contribution in [0.15, 0.2) is 18.2 Å². The second kappa shape index (κ2) is 4.67. The van der Waals surface area contributed by atoms with Gasteiger partial charge in [0.15, 0.2) is 10.6 Å². The molecular formula is C10H12N4O3S2. The van der Waals surface area contributed by atoms with Crippen LogP contribution < -0.4 is 4.72 Å². The molecule has 2 rings (SSSR count). The number of aromatic hydroxyl groups is 1. The SMILES string of the molecule is Cn1c(-c2ccc(NS(C)(=O)=O)cc2O)n[nH]c1=S. The predicted molar refractivity (Wildman–Crippen MR) is 74.0 cm³/mol. The van der Waals surface area contributed by atoms with Crippen LogP contribution in [-0.4, -0.2) is 34.5 Å². The lowest BCUT2D eigenvalue weighted by atomic mass is 10.1.